The van der Waals surface area contributed by atoms with Gasteiger partial charge >= 0.3 is 0 Å². The fourth-order valence-electron chi connectivity index (χ4n) is 0.150. The van der Waals surface area contributed by atoms with Gasteiger partial charge < -0.3 is 4.74 Å². The van der Waals surface area contributed by atoms with Crippen molar-refractivity contribution in [3.63, 3.8) is 0 Å². The molecule has 0 aromatic rings. The van der Waals surface area contributed by atoms with E-state index >= 15 is 0 Å². The highest BCUT2D eigenvalue weighted by atomic mass is 79.9. The minimum atomic E-state index is 0.375. The molecule has 0 aromatic carbocycles. The number of carbonyl (C=O) groups excluding carboxylic acids is 1. The van der Waals surface area contributed by atoms with Crippen LogP contribution in [0, 0.1) is 0 Å². The van der Waals surface area contributed by atoms with E-state index in [1.54, 1.807) is 0 Å². The molecule has 1 unspecified atom stereocenters. The van der Waals surface area contributed by atoms with Crippen molar-refractivity contribution in [1.29, 1.82) is 0 Å². The van der Waals surface area contributed by atoms with Gasteiger partial charge in [-0.3, -0.25) is 4.79 Å². The summed E-state index contributed by atoms with van der Waals surface area (Å²) >= 11 is 6.72. The zero-order chi connectivity index (χ0) is 8.41. The fourth-order valence-corrected chi connectivity index (χ4v) is 1.68. The van der Waals surface area contributed by atoms with Crippen molar-refractivity contribution in [2.24, 2.45) is 0 Å². The summed E-state index contributed by atoms with van der Waals surface area (Å²) in [5.74, 6) is 0. The Labute approximate surface area is 78.6 Å². The first-order chi connectivity index (χ1) is 4.68. The maximum absolute atomic E-state index is 8.95. The normalized spacial score (nSPS) is 10.8. The van der Waals surface area contributed by atoms with E-state index in [0.29, 0.717) is 11.3 Å². The van der Waals surface area contributed by atoms with Crippen molar-refractivity contribution in [3.8, 4) is 0 Å². The van der Waals surface area contributed by atoms with Crippen LogP contribution in [0.15, 0.2) is 0 Å². The molecule has 0 amide bonds. The van der Waals surface area contributed by atoms with E-state index in [2.05, 4.69) is 43.5 Å². The summed E-state index contributed by atoms with van der Waals surface area (Å²) in [5.41, 5.74) is 0. The molecule has 0 radical (unpaired) electrons. The molecule has 0 saturated carbocycles. The van der Waals surface area contributed by atoms with Crippen molar-refractivity contribution in [2.45, 2.75) is 18.2 Å². The number of rotatable bonds is 3. The minimum absolute atomic E-state index is 0.375. The smallest absolute Gasteiger partial charge is 0.292 e. The van der Waals surface area contributed by atoms with Gasteiger partial charge in [0.2, 0.25) is 0 Å². The van der Waals surface area contributed by atoms with Crippen LogP contribution in [0.1, 0.15) is 13.3 Å². The minimum Gasteiger partial charge on any atom is -0.471 e. The third-order valence-electron chi connectivity index (χ3n) is 0.603. The molecule has 0 saturated heterocycles. The molecule has 0 rings (SSSR count). The number of halogens is 2. The average Bonchev–Trinajstić information content (AvgIpc) is 1.89. The van der Waals surface area contributed by atoms with Crippen LogP contribution < -0.4 is 0 Å². The second-order valence-corrected chi connectivity index (χ2v) is 3.95. The fraction of sp³-hybridized carbons (Fsp3) is 0.833. The van der Waals surface area contributed by atoms with Gasteiger partial charge in [0.25, 0.3) is 6.47 Å². The second-order valence-electron chi connectivity index (χ2n) is 1.59. The molecule has 0 bridgehead atoms. The molecule has 0 heterocycles. The van der Waals surface area contributed by atoms with E-state index in [-0.39, 0.29) is 0 Å². The molecule has 0 spiro atoms. The Morgan fingerprint density at radius 1 is 1.70 bits per heavy atom. The van der Waals surface area contributed by atoms with Crippen LogP contribution in [-0.4, -0.2) is 23.7 Å². The van der Waals surface area contributed by atoms with Gasteiger partial charge in [0.05, 0.1) is 7.11 Å². The first kappa shape index (κ1) is 13.1. The van der Waals surface area contributed by atoms with Gasteiger partial charge in [0.1, 0.15) is 0 Å². The highest BCUT2D eigenvalue weighted by molar-refractivity contribution is 9.10. The molecule has 0 aliphatic heterocycles. The Morgan fingerprint density at radius 2 is 2.10 bits per heavy atom. The molecule has 0 aromatic heterocycles. The number of ether oxygens (including phenoxy) is 1. The lowest BCUT2D eigenvalue weighted by Crippen LogP contribution is -1.87. The van der Waals surface area contributed by atoms with Crippen LogP contribution in [0.2, 0.25) is 0 Å². The first-order valence-electron chi connectivity index (χ1n) is 2.85. The van der Waals surface area contributed by atoms with E-state index in [0.717, 1.165) is 5.33 Å². The van der Waals surface area contributed by atoms with Gasteiger partial charge in [-0.1, -0.05) is 38.8 Å². The highest BCUT2D eigenvalue weighted by Crippen LogP contribution is 2.03. The highest BCUT2D eigenvalue weighted by Gasteiger charge is 1.88. The maximum Gasteiger partial charge on any atom is 0.292 e. The maximum atomic E-state index is 8.95. The van der Waals surface area contributed by atoms with Gasteiger partial charge in [-0.25, -0.2) is 0 Å². The predicted molar refractivity (Wildman–Crippen MR) is 49.9 cm³/mol. The van der Waals surface area contributed by atoms with Gasteiger partial charge in [-0.15, -0.1) is 0 Å². The molecule has 1 atom stereocenters. The molecular weight excluding hydrogens is 264 g/mol. The van der Waals surface area contributed by atoms with E-state index in [1.807, 2.05) is 0 Å². The van der Waals surface area contributed by atoms with Gasteiger partial charge in [0.15, 0.2) is 0 Å². The monoisotopic (exact) mass is 274 g/mol. The second kappa shape index (κ2) is 12.1. The van der Waals surface area contributed by atoms with Crippen LogP contribution in [0.5, 0.6) is 0 Å². The van der Waals surface area contributed by atoms with Crippen LogP contribution in [-0.2, 0) is 9.53 Å². The van der Waals surface area contributed by atoms with Crippen molar-refractivity contribution < 1.29 is 9.53 Å². The lowest BCUT2D eigenvalue weighted by molar-refractivity contribution is -0.126. The number of carbonyl (C=O) groups is 1. The zero-order valence-corrected chi connectivity index (χ0v) is 9.31. The number of methoxy groups -OCH3 is 1. The third kappa shape index (κ3) is 23.7. The Kier molecular flexibility index (Phi) is 15.8. The van der Waals surface area contributed by atoms with E-state index in [4.69, 9.17) is 4.79 Å². The largest absolute Gasteiger partial charge is 0.471 e. The number of alkyl halides is 2. The molecule has 0 N–H and O–H groups in total. The van der Waals surface area contributed by atoms with Crippen LogP contribution >= 0.6 is 31.9 Å². The SMILES string of the molecule is CC(Br)CCBr.COC=O. The van der Waals surface area contributed by atoms with Crippen molar-refractivity contribution >= 4 is 38.3 Å². The topological polar surface area (TPSA) is 26.3 Å². The Bertz CT molecular complexity index is 66.8. The predicted octanol–water partition coefficient (Wildman–Crippen LogP) is 2.34. The molecule has 0 aliphatic carbocycles. The lowest BCUT2D eigenvalue weighted by atomic mass is 10.4. The third-order valence-corrected chi connectivity index (χ3v) is 1.52. The van der Waals surface area contributed by atoms with Gasteiger partial charge in [-0.05, 0) is 6.42 Å². The van der Waals surface area contributed by atoms with Crippen LogP contribution in [0.3, 0.4) is 0 Å². The molecule has 2 nitrogen and oxygen atoms in total. The number of hydrogen-bond donors (Lipinski definition) is 0. The molecule has 0 aliphatic rings. The zero-order valence-electron chi connectivity index (χ0n) is 6.14. The molecular formula is C6H12Br2O2. The number of hydrogen-bond acceptors (Lipinski definition) is 2. The summed E-state index contributed by atoms with van der Waals surface area (Å²) in [6.07, 6.45) is 1.21. The average molecular weight is 276 g/mol. The van der Waals surface area contributed by atoms with E-state index in [9.17, 15) is 0 Å². The van der Waals surface area contributed by atoms with Crippen molar-refractivity contribution in [2.75, 3.05) is 12.4 Å². The van der Waals surface area contributed by atoms with Gasteiger partial charge in [-0.2, -0.15) is 0 Å². The van der Waals surface area contributed by atoms with Crippen molar-refractivity contribution in [3.05, 3.63) is 0 Å². The summed E-state index contributed by atoms with van der Waals surface area (Å²) in [5, 5.41) is 1.10. The van der Waals surface area contributed by atoms with Crippen LogP contribution in [0.4, 0.5) is 0 Å². The molecule has 4 heteroatoms. The molecule has 62 valence electrons. The summed E-state index contributed by atoms with van der Waals surface area (Å²) in [6.45, 7) is 2.52. The summed E-state index contributed by atoms with van der Waals surface area (Å²) < 4.78 is 3.86. The summed E-state index contributed by atoms with van der Waals surface area (Å²) in [7, 11) is 1.31. The Morgan fingerprint density at radius 3 is 2.10 bits per heavy atom. The summed E-state index contributed by atoms with van der Waals surface area (Å²) in [6, 6.07) is 0. The standard InChI is InChI=1S/C4H8Br2.C2H4O2/c1-4(6)2-3-5;1-4-2-3/h4H,2-3H2,1H3;2H,1H3. The van der Waals surface area contributed by atoms with E-state index in [1.165, 1.54) is 13.5 Å². The quantitative estimate of drug-likeness (QED) is 0.584. The molecule has 10 heavy (non-hydrogen) atoms. The lowest BCUT2D eigenvalue weighted by Gasteiger charge is -1.92. The van der Waals surface area contributed by atoms with Gasteiger partial charge in [0, 0.05) is 10.2 Å². The Hall–Kier alpha value is 0.430. The van der Waals surface area contributed by atoms with E-state index < -0.39 is 0 Å². The Balaban J connectivity index is 0. The summed E-state index contributed by atoms with van der Waals surface area (Å²) in [4.78, 5) is 9.62. The first-order valence-corrected chi connectivity index (χ1v) is 4.89. The van der Waals surface area contributed by atoms with Crippen LogP contribution in [0.25, 0.3) is 0 Å². The molecule has 0 fully saturated rings. The van der Waals surface area contributed by atoms with Crippen molar-refractivity contribution in [1.82, 2.24) is 0 Å².